The highest BCUT2D eigenvalue weighted by atomic mass is 19.1. The van der Waals surface area contributed by atoms with Crippen molar-refractivity contribution < 1.29 is 9.18 Å². The Bertz CT molecular complexity index is 852. The van der Waals surface area contributed by atoms with Crippen LogP contribution in [-0.4, -0.2) is 34.4 Å². The maximum absolute atomic E-state index is 13.1. The summed E-state index contributed by atoms with van der Waals surface area (Å²) in [4.78, 5) is 16.4. The van der Waals surface area contributed by atoms with Crippen LogP contribution in [-0.2, 0) is 11.8 Å². The van der Waals surface area contributed by atoms with E-state index in [9.17, 15) is 9.18 Å². The van der Waals surface area contributed by atoms with Gasteiger partial charge < -0.3 is 5.32 Å². The van der Waals surface area contributed by atoms with Crippen LogP contribution in [0, 0.1) is 5.92 Å². The molecule has 132 valence electrons. The molecule has 2 aromatic rings. The Morgan fingerprint density at radius 1 is 1.40 bits per heavy atom. The Hall–Kier alpha value is -2.70. The lowest BCUT2D eigenvalue weighted by Crippen LogP contribution is -2.44. The SMILES string of the molecule is CC(C)C[C@@H](CF)NC1=N/C(=C\c2ccc3c(cnn3C)c2)C(=O)N1. The summed E-state index contributed by atoms with van der Waals surface area (Å²) in [7, 11) is 1.88. The largest absolute Gasteiger partial charge is 0.350 e. The van der Waals surface area contributed by atoms with Crippen molar-refractivity contribution in [3.05, 3.63) is 35.7 Å². The fourth-order valence-corrected chi connectivity index (χ4v) is 2.89. The number of nitrogens with zero attached hydrogens (tertiary/aromatic N) is 3. The highest BCUT2D eigenvalue weighted by molar-refractivity contribution is 6.13. The summed E-state index contributed by atoms with van der Waals surface area (Å²) in [5.41, 5.74) is 2.18. The number of carbonyl (C=O) groups is 1. The second-order valence-corrected chi connectivity index (χ2v) is 6.66. The number of benzene rings is 1. The number of aryl methyl sites for hydroxylation is 1. The lowest BCUT2D eigenvalue weighted by atomic mass is 10.1. The summed E-state index contributed by atoms with van der Waals surface area (Å²) < 4.78 is 14.9. The molecular formula is C18H22FN5O. The smallest absolute Gasteiger partial charge is 0.276 e. The summed E-state index contributed by atoms with van der Waals surface area (Å²) in [6.45, 7) is 3.54. The number of carbonyl (C=O) groups excluding carboxylic acids is 1. The molecule has 3 rings (SSSR count). The zero-order valence-corrected chi connectivity index (χ0v) is 14.6. The molecule has 0 aliphatic carbocycles. The van der Waals surface area contributed by atoms with Gasteiger partial charge in [-0.05, 0) is 36.1 Å². The Morgan fingerprint density at radius 2 is 2.20 bits per heavy atom. The van der Waals surface area contributed by atoms with Crippen molar-refractivity contribution >= 4 is 28.8 Å². The Labute approximate surface area is 145 Å². The van der Waals surface area contributed by atoms with Gasteiger partial charge in [0.1, 0.15) is 12.4 Å². The van der Waals surface area contributed by atoms with Gasteiger partial charge in [-0.25, -0.2) is 9.38 Å². The number of fused-ring (bicyclic) bond motifs is 1. The molecule has 6 nitrogen and oxygen atoms in total. The van der Waals surface area contributed by atoms with E-state index in [2.05, 4.69) is 20.7 Å². The maximum atomic E-state index is 13.1. The number of hydrogen-bond acceptors (Lipinski definition) is 4. The second kappa shape index (κ2) is 7.04. The summed E-state index contributed by atoms with van der Waals surface area (Å²) >= 11 is 0. The van der Waals surface area contributed by atoms with Gasteiger partial charge in [0.05, 0.1) is 17.8 Å². The number of aliphatic imine (C=N–C) groups is 1. The molecule has 1 atom stereocenters. The molecule has 0 bridgehead atoms. The van der Waals surface area contributed by atoms with Crippen LogP contribution in [0.5, 0.6) is 0 Å². The summed E-state index contributed by atoms with van der Waals surface area (Å²) in [6.07, 6.45) is 4.16. The predicted molar refractivity (Wildman–Crippen MR) is 96.6 cm³/mol. The Kier molecular flexibility index (Phi) is 4.83. The molecule has 1 aliphatic rings. The van der Waals surface area contributed by atoms with Gasteiger partial charge in [0.15, 0.2) is 0 Å². The lowest BCUT2D eigenvalue weighted by Gasteiger charge is -2.17. The molecule has 0 spiro atoms. The molecule has 0 unspecified atom stereocenters. The molecule has 2 N–H and O–H groups in total. The first kappa shape index (κ1) is 17.1. The van der Waals surface area contributed by atoms with E-state index >= 15 is 0 Å². The molecular weight excluding hydrogens is 321 g/mol. The molecule has 7 heteroatoms. The van der Waals surface area contributed by atoms with Gasteiger partial charge in [0, 0.05) is 12.4 Å². The number of guanidine groups is 1. The Balaban J connectivity index is 1.79. The van der Waals surface area contributed by atoms with E-state index in [-0.39, 0.29) is 11.9 Å². The van der Waals surface area contributed by atoms with Gasteiger partial charge >= 0.3 is 0 Å². The van der Waals surface area contributed by atoms with Crippen LogP contribution in [0.2, 0.25) is 0 Å². The zero-order chi connectivity index (χ0) is 18.0. The minimum absolute atomic E-state index is 0.295. The topological polar surface area (TPSA) is 71.3 Å². The molecule has 1 aromatic carbocycles. The minimum Gasteiger partial charge on any atom is -0.350 e. The van der Waals surface area contributed by atoms with Crippen molar-refractivity contribution in [3.63, 3.8) is 0 Å². The predicted octanol–water partition coefficient (Wildman–Crippen LogP) is 2.37. The second-order valence-electron chi connectivity index (χ2n) is 6.66. The summed E-state index contributed by atoms with van der Waals surface area (Å²) in [6, 6.07) is 5.46. The molecule has 0 saturated carbocycles. The van der Waals surface area contributed by atoms with Crippen LogP contribution < -0.4 is 10.6 Å². The zero-order valence-electron chi connectivity index (χ0n) is 14.6. The van der Waals surface area contributed by atoms with Gasteiger partial charge in [-0.1, -0.05) is 19.9 Å². The van der Waals surface area contributed by atoms with Crippen LogP contribution in [0.15, 0.2) is 35.1 Å². The third kappa shape index (κ3) is 3.87. The van der Waals surface area contributed by atoms with Gasteiger partial charge in [-0.3, -0.25) is 14.8 Å². The van der Waals surface area contributed by atoms with Gasteiger partial charge in [0.25, 0.3) is 5.91 Å². The molecule has 1 aromatic heterocycles. The number of halogens is 1. The van der Waals surface area contributed by atoms with Crippen molar-refractivity contribution in [1.82, 2.24) is 20.4 Å². The van der Waals surface area contributed by atoms with Gasteiger partial charge in [-0.15, -0.1) is 0 Å². The third-order valence-corrected chi connectivity index (χ3v) is 4.05. The van der Waals surface area contributed by atoms with E-state index < -0.39 is 6.67 Å². The van der Waals surface area contributed by atoms with Crippen LogP contribution in [0.3, 0.4) is 0 Å². The molecule has 0 saturated heterocycles. The number of nitrogens with one attached hydrogen (secondary N) is 2. The first-order valence-electron chi connectivity index (χ1n) is 8.32. The van der Waals surface area contributed by atoms with Crippen LogP contribution in [0.1, 0.15) is 25.8 Å². The molecule has 2 heterocycles. The first-order chi connectivity index (χ1) is 12.0. The summed E-state index contributed by atoms with van der Waals surface area (Å²) in [5, 5.41) is 10.8. The van der Waals surface area contributed by atoms with Crippen LogP contribution >= 0.6 is 0 Å². The number of hydrogen-bond donors (Lipinski definition) is 2. The quantitative estimate of drug-likeness (QED) is 0.819. The van der Waals surface area contributed by atoms with Gasteiger partial charge in [-0.2, -0.15) is 5.10 Å². The van der Waals surface area contributed by atoms with Crippen molar-refractivity contribution in [1.29, 1.82) is 0 Å². The molecule has 0 fully saturated rings. The van der Waals surface area contributed by atoms with E-state index in [1.165, 1.54) is 0 Å². The monoisotopic (exact) mass is 343 g/mol. The van der Waals surface area contributed by atoms with E-state index in [1.807, 2.05) is 39.1 Å². The van der Waals surface area contributed by atoms with Crippen molar-refractivity contribution in [2.24, 2.45) is 18.0 Å². The highest BCUT2D eigenvalue weighted by Gasteiger charge is 2.22. The van der Waals surface area contributed by atoms with Crippen molar-refractivity contribution in [2.45, 2.75) is 26.3 Å². The average molecular weight is 343 g/mol. The van der Waals surface area contributed by atoms with E-state index in [0.29, 0.717) is 24.0 Å². The normalized spacial score (nSPS) is 17.2. The van der Waals surface area contributed by atoms with Gasteiger partial charge in [0.2, 0.25) is 5.96 Å². The summed E-state index contributed by atoms with van der Waals surface area (Å²) in [5.74, 6) is 0.366. The Morgan fingerprint density at radius 3 is 2.92 bits per heavy atom. The molecule has 25 heavy (non-hydrogen) atoms. The standard InChI is InChI=1S/C18H22FN5O/c1-11(2)6-14(9-19)21-18-22-15(17(25)23-18)8-12-4-5-16-13(7-12)10-20-24(16)3/h4-5,7-8,10-11,14H,6,9H2,1-3H3,(H2,21,22,23,25)/b15-8-/t14-/m0/s1. The average Bonchev–Trinajstić information content (AvgIpc) is 3.09. The first-order valence-corrected chi connectivity index (χ1v) is 8.32. The van der Waals surface area contributed by atoms with Crippen LogP contribution in [0.4, 0.5) is 4.39 Å². The van der Waals surface area contributed by atoms with E-state index in [0.717, 1.165) is 16.5 Å². The molecule has 1 amide bonds. The third-order valence-electron chi connectivity index (χ3n) is 4.05. The number of aromatic nitrogens is 2. The number of alkyl halides is 1. The van der Waals surface area contributed by atoms with Crippen LogP contribution in [0.25, 0.3) is 17.0 Å². The highest BCUT2D eigenvalue weighted by Crippen LogP contribution is 2.18. The van der Waals surface area contributed by atoms with Crippen molar-refractivity contribution in [2.75, 3.05) is 6.67 Å². The number of rotatable bonds is 5. The molecule has 1 aliphatic heterocycles. The maximum Gasteiger partial charge on any atom is 0.276 e. The van der Waals surface area contributed by atoms with E-state index in [4.69, 9.17) is 0 Å². The minimum atomic E-state index is -0.510. The fourth-order valence-electron chi connectivity index (χ4n) is 2.89. The van der Waals surface area contributed by atoms with E-state index in [1.54, 1.807) is 17.0 Å². The number of amides is 1. The lowest BCUT2D eigenvalue weighted by molar-refractivity contribution is -0.115. The van der Waals surface area contributed by atoms with Crippen molar-refractivity contribution in [3.8, 4) is 0 Å². The molecule has 0 radical (unpaired) electrons. The fraction of sp³-hybridized carbons (Fsp3) is 0.389.